The molecule has 0 amide bonds. The van der Waals surface area contributed by atoms with Gasteiger partial charge in [-0.3, -0.25) is 4.79 Å². The first kappa shape index (κ1) is 24.7. The molecule has 0 spiro atoms. The van der Waals surface area contributed by atoms with Crippen molar-refractivity contribution in [1.82, 2.24) is 0 Å². The van der Waals surface area contributed by atoms with Crippen molar-refractivity contribution < 1.29 is 14.0 Å². The molecule has 0 saturated carbocycles. The summed E-state index contributed by atoms with van der Waals surface area (Å²) in [6.45, 7) is 4.58. The Morgan fingerprint density at radius 1 is 0.821 bits per heavy atom. The summed E-state index contributed by atoms with van der Waals surface area (Å²) in [4.78, 5) is 11.9. The summed E-state index contributed by atoms with van der Waals surface area (Å²) >= 11 is 0. The molecule has 3 nitrogen and oxygen atoms in total. The highest BCUT2D eigenvalue weighted by Gasteiger charge is 2.16. The molecule has 0 heterocycles. The van der Waals surface area contributed by atoms with E-state index < -0.39 is 0 Å². The van der Waals surface area contributed by atoms with Gasteiger partial charge >= 0.3 is 5.97 Å². The molecule has 1 rings (SSSR count). The van der Waals surface area contributed by atoms with E-state index in [1.165, 1.54) is 63.4 Å². The van der Waals surface area contributed by atoms with E-state index in [0.29, 0.717) is 13.0 Å². The summed E-state index contributed by atoms with van der Waals surface area (Å²) in [6.07, 6.45) is 14.9. The summed E-state index contributed by atoms with van der Waals surface area (Å²) < 4.78 is 6.28. The van der Waals surface area contributed by atoms with Gasteiger partial charge in [0.05, 0.1) is 14.1 Å². The Bertz CT molecular complexity index is 499. The molecule has 28 heavy (non-hydrogen) atoms. The van der Waals surface area contributed by atoms with E-state index in [2.05, 4.69) is 45.3 Å². The zero-order valence-corrected chi connectivity index (χ0v) is 18.8. The van der Waals surface area contributed by atoms with Crippen LogP contribution in [0.2, 0.25) is 0 Å². The molecular formula is C25H44NO2+. The van der Waals surface area contributed by atoms with Crippen molar-refractivity contribution in [3.63, 3.8) is 0 Å². The third-order valence-electron chi connectivity index (χ3n) is 5.40. The highest BCUT2D eigenvalue weighted by Crippen LogP contribution is 2.12. The molecule has 0 unspecified atom stereocenters. The average Bonchev–Trinajstić information content (AvgIpc) is 2.66. The van der Waals surface area contributed by atoms with Crippen molar-refractivity contribution in [3.05, 3.63) is 35.9 Å². The summed E-state index contributed by atoms with van der Waals surface area (Å²) in [5.41, 5.74) is 1.32. The number of benzene rings is 1. The van der Waals surface area contributed by atoms with E-state index in [0.717, 1.165) is 30.4 Å². The average molecular weight is 391 g/mol. The monoisotopic (exact) mass is 390 g/mol. The Kier molecular flexibility index (Phi) is 13.7. The number of ether oxygens (including phenoxy) is 1. The molecule has 0 atom stereocenters. The van der Waals surface area contributed by atoms with Crippen LogP contribution in [0.5, 0.6) is 0 Å². The molecule has 0 radical (unpaired) electrons. The molecule has 0 aliphatic carbocycles. The fourth-order valence-electron chi connectivity index (χ4n) is 3.57. The lowest BCUT2D eigenvalue weighted by atomic mass is 10.1. The summed E-state index contributed by atoms with van der Waals surface area (Å²) in [6, 6.07) is 10.5. The molecule has 0 saturated heterocycles. The molecule has 3 heteroatoms. The maximum atomic E-state index is 11.9. The summed E-state index contributed by atoms with van der Waals surface area (Å²) in [7, 11) is 4.37. The first-order chi connectivity index (χ1) is 13.5. The number of carbonyl (C=O) groups excluding carboxylic acids is 1. The summed E-state index contributed by atoms with van der Waals surface area (Å²) in [5.74, 6) is -0.0318. The number of hydrogen-bond donors (Lipinski definition) is 0. The van der Waals surface area contributed by atoms with Crippen LogP contribution in [0.3, 0.4) is 0 Å². The maximum Gasteiger partial charge on any atom is 0.305 e. The Morgan fingerprint density at radius 3 is 1.93 bits per heavy atom. The molecule has 0 aliphatic heterocycles. The molecule has 0 aromatic heterocycles. The van der Waals surface area contributed by atoms with Gasteiger partial charge in [0, 0.05) is 12.0 Å². The standard InChI is InChI=1S/C25H44NO2/c1-4-5-6-7-8-9-10-11-12-13-17-20-25(27)28-22-21-26(2,3)23-24-18-15-14-16-19-24/h14-16,18-19H,4-13,17,20-23H2,1-3H3/q+1. The number of esters is 1. The lowest BCUT2D eigenvalue weighted by molar-refractivity contribution is -0.903. The van der Waals surface area contributed by atoms with Gasteiger partial charge in [0.1, 0.15) is 19.7 Å². The van der Waals surface area contributed by atoms with Crippen molar-refractivity contribution in [2.24, 2.45) is 0 Å². The number of rotatable bonds is 17. The molecule has 1 aromatic carbocycles. The predicted octanol–water partition coefficient (Wildman–Crippen LogP) is 6.51. The van der Waals surface area contributed by atoms with Crippen LogP contribution in [0.1, 0.15) is 89.5 Å². The first-order valence-electron chi connectivity index (χ1n) is 11.5. The number of nitrogens with zero attached hydrogens (tertiary/aromatic N) is 1. The van der Waals surface area contributed by atoms with Gasteiger partial charge in [-0.05, 0) is 6.42 Å². The Balaban J connectivity index is 1.95. The zero-order valence-electron chi connectivity index (χ0n) is 18.8. The van der Waals surface area contributed by atoms with Gasteiger partial charge in [0.2, 0.25) is 0 Å². The smallest absolute Gasteiger partial charge is 0.305 e. The van der Waals surface area contributed by atoms with E-state index in [4.69, 9.17) is 4.74 Å². The number of quaternary nitrogens is 1. The minimum absolute atomic E-state index is 0.0318. The van der Waals surface area contributed by atoms with Gasteiger partial charge < -0.3 is 9.22 Å². The third kappa shape index (κ3) is 13.8. The van der Waals surface area contributed by atoms with Crippen LogP contribution < -0.4 is 0 Å². The van der Waals surface area contributed by atoms with Gasteiger partial charge in [-0.15, -0.1) is 0 Å². The van der Waals surface area contributed by atoms with E-state index in [-0.39, 0.29) is 5.97 Å². The lowest BCUT2D eigenvalue weighted by Gasteiger charge is -2.29. The molecule has 0 fully saturated rings. The molecular weight excluding hydrogens is 346 g/mol. The van der Waals surface area contributed by atoms with Gasteiger partial charge in [-0.2, -0.15) is 0 Å². The molecule has 0 N–H and O–H groups in total. The normalized spacial score (nSPS) is 11.5. The highest BCUT2D eigenvalue weighted by atomic mass is 16.5. The number of hydrogen-bond acceptors (Lipinski definition) is 2. The first-order valence-corrected chi connectivity index (χ1v) is 11.5. The van der Waals surface area contributed by atoms with Gasteiger partial charge in [-0.1, -0.05) is 101 Å². The van der Waals surface area contributed by atoms with Crippen molar-refractivity contribution in [2.45, 2.75) is 90.5 Å². The number of likely N-dealkylation sites (N-methyl/N-ethyl adjacent to an activating group) is 1. The van der Waals surface area contributed by atoms with Crippen LogP contribution in [-0.2, 0) is 16.1 Å². The minimum atomic E-state index is -0.0318. The summed E-state index contributed by atoms with van der Waals surface area (Å²) in [5, 5.41) is 0. The molecule has 1 aromatic rings. The van der Waals surface area contributed by atoms with Crippen LogP contribution in [0.15, 0.2) is 30.3 Å². The van der Waals surface area contributed by atoms with E-state index >= 15 is 0 Å². The Hall–Kier alpha value is -1.35. The molecule has 0 aliphatic rings. The van der Waals surface area contributed by atoms with Crippen molar-refractivity contribution in [3.8, 4) is 0 Å². The number of unbranched alkanes of at least 4 members (excludes halogenated alkanes) is 10. The largest absolute Gasteiger partial charge is 0.460 e. The van der Waals surface area contributed by atoms with Crippen LogP contribution in [-0.4, -0.2) is 37.7 Å². The molecule has 160 valence electrons. The van der Waals surface area contributed by atoms with Crippen molar-refractivity contribution in [2.75, 3.05) is 27.2 Å². The molecule has 0 bridgehead atoms. The third-order valence-corrected chi connectivity index (χ3v) is 5.40. The van der Waals surface area contributed by atoms with Gasteiger partial charge in [-0.25, -0.2) is 0 Å². The second kappa shape index (κ2) is 15.6. The van der Waals surface area contributed by atoms with Gasteiger partial charge in [0.25, 0.3) is 0 Å². The van der Waals surface area contributed by atoms with Crippen LogP contribution in [0, 0.1) is 0 Å². The van der Waals surface area contributed by atoms with Crippen LogP contribution >= 0.6 is 0 Å². The zero-order chi connectivity index (χ0) is 20.5. The van der Waals surface area contributed by atoms with E-state index in [1.54, 1.807) is 0 Å². The SMILES string of the molecule is CCCCCCCCCCCCCC(=O)OCC[N+](C)(C)Cc1ccccc1. The van der Waals surface area contributed by atoms with Crippen molar-refractivity contribution in [1.29, 1.82) is 0 Å². The quantitative estimate of drug-likeness (QED) is 0.172. The minimum Gasteiger partial charge on any atom is -0.460 e. The van der Waals surface area contributed by atoms with Crippen molar-refractivity contribution >= 4 is 5.97 Å². The fourth-order valence-corrected chi connectivity index (χ4v) is 3.57. The van der Waals surface area contributed by atoms with Crippen LogP contribution in [0.25, 0.3) is 0 Å². The van der Waals surface area contributed by atoms with Crippen LogP contribution in [0.4, 0.5) is 0 Å². The highest BCUT2D eigenvalue weighted by molar-refractivity contribution is 5.69. The van der Waals surface area contributed by atoms with Gasteiger partial charge in [0.15, 0.2) is 0 Å². The topological polar surface area (TPSA) is 26.3 Å². The Labute approximate surface area is 174 Å². The lowest BCUT2D eigenvalue weighted by Crippen LogP contribution is -2.41. The van der Waals surface area contributed by atoms with E-state index in [9.17, 15) is 4.79 Å². The predicted molar refractivity (Wildman–Crippen MR) is 119 cm³/mol. The fraction of sp³-hybridized carbons (Fsp3) is 0.720. The second-order valence-electron chi connectivity index (χ2n) is 8.81. The number of carbonyl (C=O) groups is 1. The Morgan fingerprint density at radius 2 is 1.36 bits per heavy atom. The second-order valence-corrected chi connectivity index (χ2v) is 8.81. The maximum absolute atomic E-state index is 11.9. The van der Waals surface area contributed by atoms with E-state index in [1.807, 2.05) is 6.07 Å².